The molecule has 0 saturated heterocycles. The van der Waals surface area contributed by atoms with Gasteiger partial charge < -0.3 is 9.47 Å². The van der Waals surface area contributed by atoms with Gasteiger partial charge in [0.1, 0.15) is 11.2 Å². The van der Waals surface area contributed by atoms with Crippen molar-refractivity contribution in [1.29, 1.82) is 0 Å². The van der Waals surface area contributed by atoms with Crippen LogP contribution in [0, 0.1) is 5.92 Å². The van der Waals surface area contributed by atoms with E-state index in [-0.39, 0.29) is 29.1 Å². The molecule has 0 radical (unpaired) electrons. The van der Waals surface area contributed by atoms with E-state index in [0.29, 0.717) is 5.56 Å². The average Bonchev–Trinajstić information content (AvgIpc) is 3.45. The smallest absolute Gasteiger partial charge is 0.338 e. The molecular weight excluding hydrogens is 388 g/mol. The minimum Gasteiger partial charge on any atom is -0.459 e. The molecule has 2 aliphatic rings. The summed E-state index contributed by atoms with van der Waals surface area (Å²) >= 11 is 0. The van der Waals surface area contributed by atoms with Gasteiger partial charge in [-0.25, -0.2) is 4.79 Å². The Morgan fingerprint density at radius 3 is 1.65 bits per heavy atom. The van der Waals surface area contributed by atoms with Gasteiger partial charge in [-0.15, -0.1) is 0 Å². The normalized spacial score (nSPS) is 18.9. The van der Waals surface area contributed by atoms with Gasteiger partial charge in [-0.3, -0.25) is 4.79 Å². The quantitative estimate of drug-likeness (QED) is 0.435. The maximum atomic E-state index is 12.1. The molecule has 0 spiro atoms. The number of hydrogen-bond acceptors (Lipinski definition) is 4. The average molecular weight is 431 g/mol. The number of ether oxygens (including phenoxy) is 2. The van der Waals surface area contributed by atoms with Crippen LogP contribution in [0.25, 0.3) is 0 Å². The number of aryl methyl sites for hydroxylation is 1. The number of carbonyl (C=O) groups is 2. The molecule has 31 heavy (non-hydrogen) atoms. The van der Waals surface area contributed by atoms with Crippen LogP contribution >= 0.6 is 0 Å². The molecule has 0 bridgehead atoms. The molecule has 0 heterocycles. The number of carbonyl (C=O) groups excluding carboxylic acids is 2. The second-order valence-corrected chi connectivity index (χ2v) is 9.50. The van der Waals surface area contributed by atoms with Crippen molar-refractivity contribution in [3.8, 4) is 0 Å². The Bertz CT molecular complexity index is 692. The third-order valence-electron chi connectivity index (χ3n) is 7.01. The first-order valence-electron chi connectivity index (χ1n) is 12.3. The van der Waals surface area contributed by atoms with Crippen molar-refractivity contribution >= 4 is 11.9 Å². The Balaban J connectivity index is 0.000000233. The lowest BCUT2D eigenvalue weighted by molar-refractivity contribution is -0.163. The van der Waals surface area contributed by atoms with E-state index in [2.05, 4.69) is 20.8 Å². The van der Waals surface area contributed by atoms with Crippen LogP contribution in [-0.4, -0.2) is 23.1 Å². The van der Waals surface area contributed by atoms with Crippen molar-refractivity contribution in [1.82, 2.24) is 0 Å². The van der Waals surface area contributed by atoms with Crippen molar-refractivity contribution in [2.75, 3.05) is 0 Å². The lowest BCUT2D eigenvalue weighted by Gasteiger charge is -2.28. The lowest BCUT2D eigenvalue weighted by atomic mass is 9.98. The summed E-state index contributed by atoms with van der Waals surface area (Å²) in [6.45, 7) is 10.1. The highest BCUT2D eigenvalue weighted by molar-refractivity contribution is 5.89. The van der Waals surface area contributed by atoms with E-state index in [1.165, 1.54) is 31.2 Å². The van der Waals surface area contributed by atoms with E-state index in [1.54, 1.807) is 0 Å². The van der Waals surface area contributed by atoms with Gasteiger partial charge in [-0.05, 0) is 88.3 Å². The molecule has 0 aliphatic heterocycles. The molecule has 0 atom stereocenters. The molecule has 2 aliphatic carbocycles. The first-order chi connectivity index (χ1) is 14.8. The highest BCUT2D eigenvalue weighted by Gasteiger charge is 2.37. The molecule has 0 unspecified atom stereocenters. The number of hydrogen-bond donors (Lipinski definition) is 0. The summed E-state index contributed by atoms with van der Waals surface area (Å²) in [4.78, 5) is 23.6. The van der Waals surface area contributed by atoms with Crippen molar-refractivity contribution in [2.45, 2.75) is 116 Å². The summed E-state index contributed by atoms with van der Waals surface area (Å²) < 4.78 is 11.3. The molecule has 0 amide bonds. The van der Waals surface area contributed by atoms with E-state index in [4.69, 9.17) is 9.47 Å². The topological polar surface area (TPSA) is 52.6 Å². The van der Waals surface area contributed by atoms with E-state index in [1.807, 2.05) is 38.1 Å². The molecule has 1 aromatic rings. The number of rotatable bonds is 7. The van der Waals surface area contributed by atoms with E-state index in [0.717, 1.165) is 44.9 Å². The largest absolute Gasteiger partial charge is 0.459 e. The SMILES string of the molecule is CCC1(OC(=O)C(C)C)CCCC1.CCc1ccc(C(=O)OC2(CC)CCCC2)cc1. The van der Waals surface area contributed by atoms with Gasteiger partial charge in [0.2, 0.25) is 0 Å². The lowest BCUT2D eigenvalue weighted by Crippen LogP contribution is -2.32. The zero-order chi connectivity index (χ0) is 22.9. The first kappa shape index (κ1) is 25.4. The minimum atomic E-state index is -0.194. The van der Waals surface area contributed by atoms with Gasteiger partial charge in [0, 0.05) is 0 Å². The highest BCUT2D eigenvalue weighted by Crippen LogP contribution is 2.37. The van der Waals surface area contributed by atoms with Crippen molar-refractivity contribution in [2.24, 2.45) is 5.92 Å². The van der Waals surface area contributed by atoms with Crippen LogP contribution in [0.5, 0.6) is 0 Å². The maximum absolute atomic E-state index is 12.1. The van der Waals surface area contributed by atoms with Crippen LogP contribution in [-0.2, 0) is 20.7 Å². The number of esters is 2. The van der Waals surface area contributed by atoms with Crippen LogP contribution in [0.4, 0.5) is 0 Å². The molecule has 174 valence electrons. The molecule has 4 nitrogen and oxygen atoms in total. The minimum absolute atomic E-state index is 0.00373. The first-order valence-corrected chi connectivity index (χ1v) is 12.3. The molecule has 0 N–H and O–H groups in total. The fourth-order valence-corrected chi connectivity index (χ4v) is 4.56. The summed E-state index contributed by atoms with van der Waals surface area (Å²) in [5.74, 6) is -0.200. The molecule has 0 aromatic heterocycles. The molecule has 2 saturated carbocycles. The second kappa shape index (κ2) is 11.7. The number of benzene rings is 1. The zero-order valence-corrected chi connectivity index (χ0v) is 20.3. The Morgan fingerprint density at radius 1 is 0.806 bits per heavy atom. The predicted molar refractivity (Wildman–Crippen MR) is 125 cm³/mol. The standard InChI is InChI=1S/C16H22O2.C11H20O2/c1-3-13-7-9-14(10-8-13)15(17)18-16(4-2)11-5-6-12-16;1-4-11(7-5-6-8-11)13-10(12)9(2)3/h7-10H,3-6,11-12H2,1-2H3;9H,4-8H2,1-3H3. The van der Waals surface area contributed by atoms with E-state index < -0.39 is 0 Å². The molecule has 1 aromatic carbocycles. The van der Waals surface area contributed by atoms with Gasteiger partial charge >= 0.3 is 11.9 Å². The van der Waals surface area contributed by atoms with Gasteiger partial charge in [0.25, 0.3) is 0 Å². The van der Waals surface area contributed by atoms with E-state index in [9.17, 15) is 9.59 Å². The Morgan fingerprint density at radius 2 is 1.26 bits per heavy atom. The van der Waals surface area contributed by atoms with Crippen molar-refractivity contribution < 1.29 is 19.1 Å². The van der Waals surface area contributed by atoms with Crippen molar-refractivity contribution in [3.05, 3.63) is 35.4 Å². The van der Waals surface area contributed by atoms with E-state index >= 15 is 0 Å². The fourth-order valence-electron chi connectivity index (χ4n) is 4.56. The van der Waals surface area contributed by atoms with Crippen LogP contribution < -0.4 is 0 Å². The highest BCUT2D eigenvalue weighted by atomic mass is 16.6. The molecular formula is C27H42O4. The monoisotopic (exact) mass is 430 g/mol. The van der Waals surface area contributed by atoms with Crippen LogP contribution in [0.15, 0.2) is 24.3 Å². The summed E-state index contributed by atoms with van der Waals surface area (Å²) in [5.41, 5.74) is 1.62. The Hall–Kier alpha value is -1.84. The Kier molecular flexibility index (Phi) is 9.58. The molecule has 4 heteroatoms. The van der Waals surface area contributed by atoms with Gasteiger partial charge in [0.15, 0.2) is 0 Å². The summed E-state index contributed by atoms with van der Waals surface area (Å²) in [7, 11) is 0. The van der Waals surface area contributed by atoms with Crippen molar-refractivity contribution in [3.63, 3.8) is 0 Å². The van der Waals surface area contributed by atoms with Gasteiger partial charge in [-0.2, -0.15) is 0 Å². The summed E-state index contributed by atoms with van der Waals surface area (Å²) in [6, 6.07) is 7.76. The second-order valence-electron chi connectivity index (χ2n) is 9.50. The maximum Gasteiger partial charge on any atom is 0.338 e. The van der Waals surface area contributed by atoms with Crippen LogP contribution in [0.1, 0.15) is 115 Å². The molecule has 2 fully saturated rings. The van der Waals surface area contributed by atoms with Gasteiger partial charge in [0.05, 0.1) is 11.5 Å². The molecule has 3 rings (SSSR count). The summed E-state index contributed by atoms with van der Waals surface area (Å²) in [5, 5.41) is 0. The third-order valence-corrected chi connectivity index (χ3v) is 7.01. The zero-order valence-electron chi connectivity index (χ0n) is 20.3. The van der Waals surface area contributed by atoms with Gasteiger partial charge in [-0.1, -0.05) is 46.8 Å². The fraction of sp³-hybridized carbons (Fsp3) is 0.704. The van der Waals surface area contributed by atoms with Crippen LogP contribution in [0.3, 0.4) is 0 Å². The summed E-state index contributed by atoms with van der Waals surface area (Å²) in [6.07, 6.45) is 11.8. The predicted octanol–water partition coefficient (Wildman–Crippen LogP) is 7.04. The van der Waals surface area contributed by atoms with Crippen LogP contribution in [0.2, 0.25) is 0 Å². The third kappa shape index (κ3) is 7.08. The Labute approximate surface area is 189 Å².